The van der Waals surface area contributed by atoms with Crippen LogP contribution >= 0.6 is 34.8 Å². The van der Waals surface area contributed by atoms with Crippen LogP contribution in [0.1, 0.15) is 18.4 Å². The highest BCUT2D eigenvalue weighted by atomic mass is 35.5. The number of aryl methyl sites for hydroxylation is 1. The van der Waals surface area contributed by atoms with E-state index in [0.29, 0.717) is 50.9 Å². The van der Waals surface area contributed by atoms with Crippen LogP contribution < -0.4 is 15.4 Å². The van der Waals surface area contributed by atoms with Gasteiger partial charge in [-0.2, -0.15) is 5.26 Å². The number of halogens is 3. The Morgan fingerprint density at radius 2 is 2.00 bits per heavy atom. The minimum atomic E-state index is -0.327. The molecule has 10 heteroatoms. The Morgan fingerprint density at radius 3 is 2.75 bits per heavy atom. The normalized spacial score (nSPS) is 20.5. The Balaban J connectivity index is 1.52. The van der Waals surface area contributed by atoms with Crippen molar-refractivity contribution in [1.29, 1.82) is 5.26 Å². The molecule has 5 rings (SSSR count). The minimum absolute atomic E-state index is 0.102. The van der Waals surface area contributed by atoms with E-state index in [0.717, 1.165) is 25.2 Å². The molecule has 3 aromatic heterocycles. The lowest BCUT2D eigenvalue weighted by Crippen LogP contribution is -2.47. The molecule has 0 bridgehead atoms. The number of nitriles is 1. The van der Waals surface area contributed by atoms with Gasteiger partial charge in [-0.1, -0.05) is 34.8 Å². The molecular weight excluding hydrogens is 471 g/mol. The zero-order valence-electron chi connectivity index (χ0n) is 17.2. The first kappa shape index (κ1) is 21.3. The molecule has 2 aliphatic rings. The summed E-state index contributed by atoms with van der Waals surface area (Å²) in [6.07, 6.45) is 3.42. The van der Waals surface area contributed by atoms with E-state index in [2.05, 4.69) is 25.8 Å². The topological polar surface area (TPSA) is 78.0 Å². The Hall–Kier alpha value is -2.53. The molecule has 5 heterocycles. The molecular formula is C22H19Cl3N6O. The van der Waals surface area contributed by atoms with E-state index in [4.69, 9.17) is 34.8 Å². The van der Waals surface area contributed by atoms with Gasteiger partial charge in [-0.25, -0.2) is 9.97 Å². The van der Waals surface area contributed by atoms with Crippen LogP contribution in [-0.4, -0.2) is 40.2 Å². The van der Waals surface area contributed by atoms with Crippen molar-refractivity contribution in [2.75, 3.05) is 29.4 Å². The van der Waals surface area contributed by atoms with Crippen LogP contribution in [0.15, 0.2) is 29.2 Å². The number of hydrogen-bond donors (Lipinski definition) is 0. The molecule has 2 saturated heterocycles. The molecule has 0 spiro atoms. The third kappa shape index (κ3) is 3.38. The molecule has 0 radical (unpaired) electrons. The Bertz CT molecular complexity index is 1330. The summed E-state index contributed by atoms with van der Waals surface area (Å²) in [4.78, 5) is 26.2. The largest absolute Gasteiger partial charge is 0.368 e. The van der Waals surface area contributed by atoms with Crippen LogP contribution in [0.25, 0.3) is 11.0 Å². The average Bonchev–Trinajstić information content (AvgIpc) is 3.19. The monoisotopic (exact) mass is 488 g/mol. The van der Waals surface area contributed by atoms with E-state index < -0.39 is 0 Å². The van der Waals surface area contributed by atoms with E-state index in [1.54, 1.807) is 31.4 Å². The van der Waals surface area contributed by atoms with Crippen molar-refractivity contribution in [2.45, 2.75) is 18.9 Å². The zero-order valence-corrected chi connectivity index (χ0v) is 19.5. The van der Waals surface area contributed by atoms with Crippen molar-refractivity contribution < 1.29 is 0 Å². The van der Waals surface area contributed by atoms with Crippen molar-refractivity contribution in [2.24, 2.45) is 13.0 Å². The lowest BCUT2D eigenvalue weighted by molar-refractivity contribution is 0.395. The highest BCUT2D eigenvalue weighted by molar-refractivity contribution is 6.36. The molecule has 32 heavy (non-hydrogen) atoms. The summed E-state index contributed by atoms with van der Waals surface area (Å²) in [6.45, 7) is 2.22. The molecule has 3 aromatic rings. The van der Waals surface area contributed by atoms with Gasteiger partial charge >= 0.3 is 0 Å². The maximum absolute atomic E-state index is 12.9. The number of piperidine rings is 1. The van der Waals surface area contributed by atoms with E-state index in [1.807, 2.05) is 0 Å². The van der Waals surface area contributed by atoms with Crippen molar-refractivity contribution in [3.8, 4) is 6.07 Å². The van der Waals surface area contributed by atoms with Gasteiger partial charge in [0.2, 0.25) is 0 Å². The first-order valence-corrected chi connectivity index (χ1v) is 11.4. The molecule has 0 unspecified atom stereocenters. The molecule has 164 valence electrons. The van der Waals surface area contributed by atoms with Crippen molar-refractivity contribution in [3.05, 3.63) is 55.5 Å². The number of anilines is 2. The maximum Gasteiger partial charge on any atom is 0.270 e. The maximum atomic E-state index is 12.9. The fourth-order valence-corrected chi connectivity index (χ4v) is 5.68. The van der Waals surface area contributed by atoms with Crippen LogP contribution in [0.5, 0.6) is 0 Å². The average molecular weight is 490 g/mol. The summed E-state index contributed by atoms with van der Waals surface area (Å²) in [5.74, 6) is 1.09. The van der Waals surface area contributed by atoms with Gasteiger partial charge in [-0.3, -0.25) is 4.79 Å². The predicted molar refractivity (Wildman–Crippen MR) is 127 cm³/mol. The van der Waals surface area contributed by atoms with Gasteiger partial charge in [0, 0.05) is 38.9 Å². The second kappa shape index (κ2) is 8.11. The summed E-state index contributed by atoms with van der Waals surface area (Å²) in [7, 11) is 1.65. The summed E-state index contributed by atoms with van der Waals surface area (Å²) < 4.78 is 1.46. The Labute approximate surface area is 199 Å². The lowest BCUT2D eigenvalue weighted by Gasteiger charge is -2.40. The SMILES string of the molecule is Cn1c(=O)c(C#N)c(N2CC[C@H]3[C@H](CCN3c3ncc(Cl)cc3Cl)C2)c2nc(Cl)ccc21. The number of rotatable bonds is 2. The summed E-state index contributed by atoms with van der Waals surface area (Å²) in [5.41, 5.74) is 1.58. The van der Waals surface area contributed by atoms with Crippen molar-refractivity contribution in [3.63, 3.8) is 0 Å². The van der Waals surface area contributed by atoms with Gasteiger partial charge in [-0.15, -0.1) is 0 Å². The van der Waals surface area contributed by atoms with E-state index >= 15 is 0 Å². The molecule has 7 nitrogen and oxygen atoms in total. The molecule has 0 aliphatic carbocycles. The van der Waals surface area contributed by atoms with Gasteiger partial charge in [0.15, 0.2) is 0 Å². The zero-order chi connectivity index (χ0) is 22.6. The third-order valence-corrected chi connectivity index (χ3v) is 7.20. The molecule has 0 N–H and O–H groups in total. The number of fused-ring (bicyclic) bond motifs is 2. The van der Waals surface area contributed by atoms with Crippen molar-refractivity contribution in [1.82, 2.24) is 14.5 Å². The van der Waals surface area contributed by atoms with Crippen LogP contribution in [0.4, 0.5) is 11.5 Å². The van der Waals surface area contributed by atoms with Gasteiger partial charge < -0.3 is 14.4 Å². The molecule has 0 saturated carbocycles. The number of hydrogen-bond acceptors (Lipinski definition) is 6. The highest BCUT2D eigenvalue weighted by Gasteiger charge is 2.40. The first-order chi connectivity index (χ1) is 15.4. The van der Waals surface area contributed by atoms with Gasteiger partial charge in [0.1, 0.15) is 28.1 Å². The molecule has 2 fully saturated rings. The summed E-state index contributed by atoms with van der Waals surface area (Å²) in [6, 6.07) is 7.53. The summed E-state index contributed by atoms with van der Waals surface area (Å²) in [5, 5.41) is 11.2. The molecule has 2 atom stereocenters. The van der Waals surface area contributed by atoms with Gasteiger partial charge in [0.05, 0.1) is 21.2 Å². The minimum Gasteiger partial charge on any atom is -0.368 e. The van der Waals surface area contributed by atoms with Gasteiger partial charge in [-0.05, 0) is 37.0 Å². The van der Waals surface area contributed by atoms with E-state index in [9.17, 15) is 10.1 Å². The molecule has 0 amide bonds. The highest BCUT2D eigenvalue weighted by Crippen LogP contribution is 2.40. The summed E-state index contributed by atoms with van der Waals surface area (Å²) >= 11 is 18.6. The van der Waals surface area contributed by atoms with Crippen molar-refractivity contribution >= 4 is 57.3 Å². The van der Waals surface area contributed by atoms with Gasteiger partial charge in [0.25, 0.3) is 5.56 Å². The Morgan fingerprint density at radius 1 is 1.19 bits per heavy atom. The molecule has 0 aromatic carbocycles. The fraction of sp³-hybridized carbons (Fsp3) is 0.364. The fourth-order valence-electron chi connectivity index (χ4n) is 5.05. The first-order valence-electron chi connectivity index (χ1n) is 10.3. The Kier molecular flexibility index (Phi) is 5.40. The van der Waals surface area contributed by atoms with Crippen LogP contribution in [0, 0.1) is 17.2 Å². The quantitative estimate of drug-likeness (QED) is 0.500. The third-order valence-electron chi connectivity index (χ3n) is 6.50. The number of nitrogens with zero attached hydrogens (tertiary/aromatic N) is 6. The van der Waals surface area contributed by atoms with E-state index in [-0.39, 0.29) is 17.2 Å². The van der Waals surface area contributed by atoms with Crippen LogP contribution in [0.2, 0.25) is 15.2 Å². The van der Waals surface area contributed by atoms with Crippen LogP contribution in [-0.2, 0) is 7.05 Å². The van der Waals surface area contributed by atoms with Crippen LogP contribution in [0.3, 0.4) is 0 Å². The number of pyridine rings is 3. The van der Waals surface area contributed by atoms with E-state index in [1.165, 1.54) is 4.57 Å². The lowest BCUT2D eigenvalue weighted by atomic mass is 9.92. The number of aromatic nitrogens is 3. The standard InChI is InChI=1S/C22H19Cl3N6O/c1-29-17-2-3-18(25)28-19(17)20(14(9-26)22(29)32)30-6-5-16-12(11-30)4-7-31(16)21-15(24)8-13(23)10-27-21/h2-3,8,10,12,16H,4-7,11H2,1H3/t12-,16+/m1/s1. The predicted octanol–water partition coefficient (Wildman–Crippen LogP) is 4.27. The smallest absolute Gasteiger partial charge is 0.270 e. The second-order valence-electron chi connectivity index (χ2n) is 8.20. The molecule has 2 aliphatic heterocycles. The second-order valence-corrected chi connectivity index (χ2v) is 9.44.